The summed E-state index contributed by atoms with van der Waals surface area (Å²) in [5, 5.41) is 0. The van der Waals surface area contributed by atoms with E-state index < -0.39 is 22.6 Å². The third-order valence-electron chi connectivity index (χ3n) is 12.1. The fourth-order valence-corrected chi connectivity index (χ4v) is 42.2. The summed E-state index contributed by atoms with van der Waals surface area (Å²) >= 11 is -3.76. The fraction of sp³-hybridized carbons (Fsp3) is 0.364. The molecule has 2 unspecified atom stereocenters. The second kappa shape index (κ2) is 11.3. The van der Waals surface area contributed by atoms with Crippen molar-refractivity contribution < 1.29 is 17.1 Å². The number of rotatable bonds is 4. The average Bonchev–Trinajstić information content (AvgIpc) is 3.62. The molecule has 46 heavy (non-hydrogen) atoms. The molecule has 0 N–H and O–H groups in total. The number of hydrogen-bond acceptors (Lipinski definition) is 0. The molecule has 0 spiro atoms. The molecule has 0 aliphatic heterocycles. The number of hydrogen-bond donors (Lipinski definition) is 0. The van der Waals surface area contributed by atoms with Gasteiger partial charge in [-0.2, -0.15) is 0 Å². The molecule has 238 valence electrons. The van der Waals surface area contributed by atoms with Gasteiger partial charge >= 0.3 is 283 Å². The van der Waals surface area contributed by atoms with Crippen molar-refractivity contribution in [3.8, 4) is 22.3 Å². The first-order chi connectivity index (χ1) is 21.4. The summed E-state index contributed by atoms with van der Waals surface area (Å²) in [4.78, 5) is 0. The second-order valence-corrected chi connectivity index (χ2v) is 66.4. The van der Waals surface area contributed by atoms with Gasteiger partial charge in [0.1, 0.15) is 0 Å². The van der Waals surface area contributed by atoms with Crippen molar-refractivity contribution >= 4 is 17.6 Å². The molecule has 2 heteroatoms. The van der Waals surface area contributed by atoms with Crippen molar-refractivity contribution in [1.82, 2.24) is 0 Å². The van der Waals surface area contributed by atoms with E-state index in [9.17, 15) is 0 Å². The van der Waals surface area contributed by atoms with E-state index in [0.717, 1.165) is 0 Å². The van der Waals surface area contributed by atoms with Crippen LogP contribution < -0.4 is 0 Å². The van der Waals surface area contributed by atoms with Gasteiger partial charge in [-0.3, -0.25) is 0 Å². The first kappa shape index (κ1) is 33.4. The van der Waals surface area contributed by atoms with Gasteiger partial charge in [0.2, 0.25) is 0 Å². The molecule has 0 nitrogen and oxygen atoms in total. The molecule has 0 bridgehead atoms. The molecular formula is C44H54HfSi. The monoisotopic (exact) mass is 790 g/mol. The van der Waals surface area contributed by atoms with Gasteiger partial charge in [0.05, 0.1) is 0 Å². The van der Waals surface area contributed by atoms with Crippen molar-refractivity contribution in [2.75, 3.05) is 0 Å². The molecule has 0 heterocycles. The van der Waals surface area contributed by atoms with Crippen LogP contribution in [-0.4, -0.2) is 5.49 Å². The van der Waals surface area contributed by atoms with Crippen molar-refractivity contribution in [3.05, 3.63) is 129 Å². The average molecular weight is 789 g/mol. The van der Waals surface area contributed by atoms with Crippen molar-refractivity contribution in [3.63, 3.8) is 0 Å². The topological polar surface area (TPSA) is 0 Å². The Hall–Kier alpha value is -2.55. The van der Waals surface area contributed by atoms with E-state index in [-0.39, 0.29) is 10.8 Å². The quantitative estimate of drug-likeness (QED) is 0.181. The van der Waals surface area contributed by atoms with E-state index in [1.54, 1.807) is 11.1 Å². The number of fused-ring (bicyclic) bond motifs is 2. The molecule has 0 fully saturated rings. The standard InChI is InChI=1S/2C20H21.C2H6Si.2CH3.Hf/c2*1-14-13-16(20(2,3)4)11-12-17(14)19-10-6-8-15-7-5-9-18(15)19;1-3-2;;;/h2*5-13H,1-4H3;1-2H3;2*1H3;. The zero-order chi connectivity index (χ0) is 33.4. The van der Waals surface area contributed by atoms with Gasteiger partial charge in [0, 0.05) is 0 Å². The normalized spacial score (nSPS) is 17.8. The molecule has 0 amide bonds. The van der Waals surface area contributed by atoms with Crippen LogP contribution in [0.4, 0.5) is 0 Å². The molecular weight excluding hydrogens is 735 g/mol. The summed E-state index contributed by atoms with van der Waals surface area (Å²) in [6, 6.07) is 28.6. The number of allylic oxidation sites excluding steroid dienone is 2. The maximum atomic E-state index is 2.83. The first-order valence-corrected chi connectivity index (χ1v) is 36.5. The summed E-state index contributed by atoms with van der Waals surface area (Å²) in [5.41, 5.74) is 16.9. The molecule has 6 rings (SSSR count). The van der Waals surface area contributed by atoms with Crippen molar-refractivity contribution in [1.29, 1.82) is 0 Å². The van der Waals surface area contributed by atoms with Gasteiger partial charge < -0.3 is 0 Å². The van der Waals surface area contributed by atoms with Crippen LogP contribution in [0.3, 0.4) is 0 Å². The molecule has 0 radical (unpaired) electrons. The first-order valence-electron chi connectivity index (χ1n) is 17.3. The molecule has 0 saturated carbocycles. The summed E-state index contributed by atoms with van der Waals surface area (Å²) < 4.78 is 6.74. The number of benzene rings is 4. The SMILES string of the molecule is Cc1cc(C(C)(C)C)ccc1-c1cccc2c1C=C[CH]2[Hf]([CH3])([CH3])([CH]1C=Cc2c(-c3ccc(C(C)(C)C)cc3C)cccc21)=[Si](C)C. The van der Waals surface area contributed by atoms with Crippen LogP contribution in [0.1, 0.15) is 93.4 Å². The van der Waals surface area contributed by atoms with Gasteiger partial charge in [-0.1, -0.05) is 0 Å². The Morgan fingerprint density at radius 2 is 0.935 bits per heavy atom. The van der Waals surface area contributed by atoms with Gasteiger partial charge in [-0.25, -0.2) is 0 Å². The molecule has 0 saturated heterocycles. The van der Waals surface area contributed by atoms with E-state index >= 15 is 0 Å². The Morgan fingerprint density at radius 1 is 0.543 bits per heavy atom. The van der Waals surface area contributed by atoms with Crippen molar-refractivity contribution in [2.24, 2.45) is 0 Å². The molecule has 4 aromatic carbocycles. The Labute approximate surface area is 280 Å². The predicted molar refractivity (Wildman–Crippen MR) is 203 cm³/mol. The summed E-state index contributed by atoms with van der Waals surface area (Å²) in [5.74, 6) is 0. The minimum atomic E-state index is -3.76. The molecule has 0 aromatic heterocycles. The molecule has 2 atom stereocenters. The predicted octanol–water partition coefficient (Wildman–Crippen LogP) is 13.1. The van der Waals surface area contributed by atoms with E-state index in [1.165, 1.54) is 55.6 Å². The van der Waals surface area contributed by atoms with Gasteiger partial charge in [-0.15, -0.1) is 0 Å². The molecule has 2 aliphatic carbocycles. The Kier molecular flexibility index (Phi) is 8.17. The van der Waals surface area contributed by atoms with Crippen LogP contribution in [0.15, 0.2) is 84.9 Å². The van der Waals surface area contributed by atoms with Gasteiger partial charge in [-0.05, 0) is 0 Å². The minimum absolute atomic E-state index is 0.151. The maximum absolute atomic E-state index is 3.76. The van der Waals surface area contributed by atoms with Crippen LogP contribution in [-0.2, 0) is 28.0 Å². The second-order valence-electron chi connectivity index (χ2n) is 17.5. The molecule has 2 aliphatic rings. The third kappa shape index (κ3) is 5.27. The van der Waals surface area contributed by atoms with Crippen molar-refractivity contribution in [2.45, 2.75) is 96.0 Å². The Morgan fingerprint density at radius 3 is 1.26 bits per heavy atom. The Balaban J connectivity index is 1.46. The van der Waals surface area contributed by atoms with E-state index in [0.29, 0.717) is 7.35 Å². The fourth-order valence-electron chi connectivity index (χ4n) is 8.37. The van der Waals surface area contributed by atoms with E-state index in [1.807, 2.05) is 0 Å². The van der Waals surface area contributed by atoms with Crippen LogP contribution in [0.2, 0.25) is 22.5 Å². The van der Waals surface area contributed by atoms with Crippen LogP contribution in [0, 0.1) is 13.8 Å². The zero-order valence-corrected chi connectivity index (χ0v) is 35.0. The van der Waals surface area contributed by atoms with Gasteiger partial charge in [0.15, 0.2) is 0 Å². The van der Waals surface area contributed by atoms with E-state index in [2.05, 4.69) is 175 Å². The van der Waals surface area contributed by atoms with Crippen LogP contribution in [0.25, 0.3) is 34.4 Å². The summed E-state index contributed by atoms with van der Waals surface area (Å²) in [7, 11) is 0. The Bertz CT molecular complexity index is 1870. The summed E-state index contributed by atoms with van der Waals surface area (Å²) in [6.45, 7) is 23.7. The number of aryl methyl sites for hydroxylation is 2. The van der Waals surface area contributed by atoms with Gasteiger partial charge in [0.25, 0.3) is 0 Å². The summed E-state index contributed by atoms with van der Waals surface area (Å²) in [6.07, 6.45) is 10.3. The third-order valence-corrected chi connectivity index (χ3v) is 71.7. The van der Waals surface area contributed by atoms with E-state index in [4.69, 9.17) is 0 Å². The molecule has 4 aromatic rings. The zero-order valence-electron chi connectivity index (χ0n) is 30.4. The van der Waals surface area contributed by atoms with Crippen LogP contribution >= 0.6 is 0 Å². The van der Waals surface area contributed by atoms with Crippen LogP contribution in [0.5, 0.6) is 0 Å².